The quantitative estimate of drug-likeness (QED) is 0.204. The number of hydrogen-bond donors (Lipinski definition) is 0. The summed E-state index contributed by atoms with van der Waals surface area (Å²) in [5, 5.41) is 0. The van der Waals surface area contributed by atoms with E-state index in [1.165, 1.54) is 0 Å². The Hall–Kier alpha value is -2.28. The highest BCUT2D eigenvalue weighted by Crippen LogP contribution is 2.39. The van der Waals surface area contributed by atoms with E-state index in [4.69, 9.17) is 4.74 Å². The monoisotopic (exact) mass is 488 g/mol. The highest BCUT2D eigenvalue weighted by atomic mass is 19.4. The minimum absolute atomic E-state index is 0.0659. The molecule has 0 atom stereocenters. The van der Waals surface area contributed by atoms with Crippen molar-refractivity contribution in [3.63, 3.8) is 0 Å². The van der Waals surface area contributed by atoms with Gasteiger partial charge in [0.1, 0.15) is 0 Å². The number of alkyl halides is 6. The van der Waals surface area contributed by atoms with E-state index >= 15 is 0 Å². The number of allylic oxidation sites excluding steroid dienone is 2. The fourth-order valence-electron chi connectivity index (χ4n) is 3.42. The largest absolute Gasteiger partial charge is 0.416 e. The van der Waals surface area contributed by atoms with E-state index in [0.717, 1.165) is 54.9 Å². The molecule has 0 unspecified atom stereocenters. The van der Waals surface area contributed by atoms with Crippen molar-refractivity contribution in [2.75, 3.05) is 13.2 Å². The second-order valence-electron chi connectivity index (χ2n) is 8.08. The lowest BCUT2D eigenvalue weighted by molar-refractivity contribution is -0.143. The minimum atomic E-state index is -4.86. The van der Waals surface area contributed by atoms with Gasteiger partial charge in [0.2, 0.25) is 0 Å². The topological polar surface area (TPSA) is 9.23 Å². The van der Waals surface area contributed by atoms with Crippen LogP contribution in [-0.2, 0) is 17.1 Å². The smallest absolute Gasteiger partial charge is 0.381 e. The number of aryl methyl sites for hydroxylation is 1. The molecule has 0 bridgehead atoms. The second-order valence-corrected chi connectivity index (χ2v) is 8.08. The third-order valence-electron chi connectivity index (χ3n) is 5.14. The van der Waals surface area contributed by atoms with Crippen molar-refractivity contribution in [3.05, 3.63) is 70.3 Å². The molecule has 0 aromatic heterocycles. The molecular formula is C27H34F6O. The molecule has 2 aromatic carbocycles. The Labute approximate surface area is 198 Å². The van der Waals surface area contributed by atoms with E-state index in [-0.39, 0.29) is 11.6 Å². The lowest BCUT2D eigenvalue weighted by Crippen LogP contribution is -2.11. The Morgan fingerprint density at radius 3 is 1.68 bits per heavy atom. The van der Waals surface area contributed by atoms with Crippen molar-refractivity contribution in [1.82, 2.24) is 0 Å². The molecule has 0 saturated carbocycles. The zero-order chi connectivity index (χ0) is 25.9. The predicted octanol–water partition coefficient (Wildman–Crippen LogP) is 9.59. The number of halogens is 6. The van der Waals surface area contributed by atoms with Crippen LogP contribution in [0.15, 0.2) is 42.5 Å². The third-order valence-corrected chi connectivity index (χ3v) is 5.14. The fraction of sp³-hybridized carbons (Fsp3) is 0.481. The number of rotatable bonds is 8. The van der Waals surface area contributed by atoms with Crippen LogP contribution in [0.25, 0.3) is 11.1 Å². The number of hydrogen-bond acceptors (Lipinski definition) is 1. The van der Waals surface area contributed by atoms with Crippen LogP contribution >= 0.6 is 0 Å². The van der Waals surface area contributed by atoms with Crippen LogP contribution in [0.4, 0.5) is 26.3 Å². The zero-order valence-electron chi connectivity index (χ0n) is 20.5. The van der Waals surface area contributed by atoms with Gasteiger partial charge in [-0.1, -0.05) is 51.5 Å². The number of benzene rings is 2. The van der Waals surface area contributed by atoms with Gasteiger partial charge in [-0.05, 0) is 79.1 Å². The lowest BCUT2D eigenvalue weighted by atomic mass is 9.89. The van der Waals surface area contributed by atoms with Gasteiger partial charge in [-0.15, -0.1) is 0 Å². The SMILES string of the molecule is CCC/C(=C(/C)c1cc(C(F)(F)F)cc(C(F)(F)F)c1)c1ccccc1C.CCCOCCC. The lowest BCUT2D eigenvalue weighted by Gasteiger charge is -2.18. The first-order valence-electron chi connectivity index (χ1n) is 11.5. The van der Waals surface area contributed by atoms with Crippen LogP contribution in [0.5, 0.6) is 0 Å². The molecule has 0 amide bonds. The summed E-state index contributed by atoms with van der Waals surface area (Å²) in [4.78, 5) is 0. The Kier molecular flexibility index (Phi) is 11.9. The van der Waals surface area contributed by atoms with Crippen LogP contribution in [0.1, 0.15) is 81.2 Å². The number of ether oxygens (including phenoxy) is 1. The van der Waals surface area contributed by atoms with Gasteiger partial charge in [-0.25, -0.2) is 0 Å². The average molecular weight is 489 g/mol. The molecule has 0 aliphatic rings. The zero-order valence-corrected chi connectivity index (χ0v) is 20.5. The van der Waals surface area contributed by atoms with Crippen LogP contribution in [0.2, 0.25) is 0 Å². The second kappa shape index (κ2) is 13.6. The van der Waals surface area contributed by atoms with Crippen molar-refractivity contribution >= 4 is 11.1 Å². The van der Waals surface area contributed by atoms with Crippen molar-refractivity contribution in [2.24, 2.45) is 0 Å². The maximum Gasteiger partial charge on any atom is 0.416 e. The van der Waals surface area contributed by atoms with E-state index in [1.807, 2.05) is 32.0 Å². The van der Waals surface area contributed by atoms with E-state index < -0.39 is 23.5 Å². The molecule has 34 heavy (non-hydrogen) atoms. The summed E-state index contributed by atoms with van der Waals surface area (Å²) in [5.41, 5.74) is 0.264. The Bertz CT molecular complexity index is 889. The van der Waals surface area contributed by atoms with Gasteiger partial charge in [0.15, 0.2) is 0 Å². The van der Waals surface area contributed by atoms with Crippen LogP contribution < -0.4 is 0 Å². The Balaban J connectivity index is 0.000000718. The minimum Gasteiger partial charge on any atom is -0.381 e. The first kappa shape index (κ1) is 29.8. The van der Waals surface area contributed by atoms with E-state index in [2.05, 4.69) is 13.8 Å². The van der Waals surface area contributed by atoms with E-state index in [0.29, 0.717) is 18.4 Å². The van der Waals surface area contributed by atoms with Gasteiger partial charge in [-0.2, -0.15) is 26.3 Å². The molecule has 7 heteroatoms. The highest BCUT2D eigenvalue weighted by molar-refractivity contribution is 5.91. The van der Waals surface area contributed by atoms with Crippen molar-refractivity contribution in [1.29, 1.82) is 0 Å². The molecule has 0 saturated heterocycles. The molecule has 0 heterocycles. The van der Waals surface area contributed by atoms with Gasteiger partial charge < -0.3 is 4.74 Å². The van der Waals surface area contributed by atoms with Gasteiger partial charge in [0.25, 0.3) is 0 Å². The molecule has 190 valence electrons. The van der Waals surface area contributed by atoms with Gasteiger partial charge in [-0.3, -0.25) is 0 Å². The molecule has 0 spiro atoms. The van der Waals surface area contributed by atoms with Crippen LogP contribution in [-0.4, -0.2) is 13.2 Å². The predicted molar refractivity (Wildman–Crippen MR) is 126 cm³/mol. The van der Waals surface area contributed by atoms with Gasteiger partial charge in [0, 0.05) is 13.2 Å². The summed E-state index contributed by atoms with van der Waals surface area (Å²) in [6.45, 7) is 11.4. The summed E-state index contributed by atoms with van der Waals surface area (Å²) >= 11 is 0. The van der Waals surface area contributed by atoms with E-state index in [9.17, 15) is 26.3 Å². The van der Waals surface area contributed by atoms with E-state index in [1.54, 1.807) is 13.0 Å². The first-order chi connectivity index (χ1) is 15.9. The molecule has 2 rings (SSSR count). The molecule has 1 nitrogen and oxygen atoms in total. The summed E-state index contributed by atoms with van der Waals surface area (Å²) in [6.07, 6.45) is -6.17. The van der Waals surface area contributed by atoms with Crippen molar-refractivity contribution in [3.8, 4) is 0 Å². The van der Waals surface area contributed by atoms with Crippen LogP contribution in [0, 0.1) is 6.92 Å². The third kappa shape index (κ3) is 9.16. The molecule has 0 aliphatic heterocycles. The molecule has 0 radical (unpaired) electrons. The normalized spacial score (nSPS) is 12.7. The van der Waals surface area contributed by atoms with Gasteiger partial charge in [0.05, 0.1) is 11.1 Å². The molecule has 0 fully saturated rings. The summed E-state index contributed by atoms with van der Waals surface area (Å²) in [5.74, 6) is 0. The molecule has 0 aliphatic carbocycles. The maximum atomic E-state index is 13.2. The fourth-order valence-corrected chi connectivity index (χ4v) is 3.42. The van der Waals surface area contributed by atoms with Crippen LogP contribution in [0.3, 0.4) is 0 Å². The molecule has 2 aromatic rings. The standard InChI is InChI=1S/C21H20F6.C6H14O/c1-4-7-19(18-9-6-5-8-13(18)2)14(3)15-10-16(20(22,23)24)12-17(11-15)21(25,26)27;1-3-5-7-6-4-2/h5-6,8-12H,4,7H2,1-3H3;3-6H2,1-2H3/b19-14+;. The highest BCUT2D eigenvalue weighted by Gasteiger charge is 2.37. The Morgan fingerprint density at radius 1 is 0.765 bits per heavy atom. The summed E-state index contributed by atoms with van der Waals surface area (Å²) in [7, 11) is 0. The average Bonchev–Trinajstić information content (AvgIpc) is 2.77. The van der Waals surface area contributed by atoms with Gasteiger partial charge >= 0.3 is 12.4 Å². The summed E-state index contributed by atoms with van der Waals surface area (Å²) < 4.78 is 84.0. The maximum absolute atomic E-state index is 13.2. The molecule has 0 N–H and O–H groups in total. The van der Waals surface area contributed by atoms with Crippen molar-refractivity contribution < 1.29 is 31.1 Å². The Morgan fingerprint density at radius 2 is 1.26 bits per heavy atom. The first-order valence-corrected chi connectivity index (χ1v) is 11.5. The summed E-state index contributed by atoms with van der Waals surface area (Å²) in [6, 6.07) is 9.08. The van der Waals surface area contributed by atoms with Crippen molar-refractivity contribution in [2.45, 2.75) is 72.7 Å². The molecular weight excluding hydrogens is 454 g/mol.